The predicted octanol–water partition coefficient (Wildman–Crippen LogP) is 3.68. The number of halogens is 1. The van der Waals surface area contributed by atoms with Gasteiger partial charge in [0.15, 0.2) is 11.6 Å². The first-order valence-corrected chi connectivity index (χ1v) is 6.62. The molecule has 116 valence electrons. The molecule has 0 aliphatic heterocycles. The van der Waals surface area contributed by atoms with Crippen molar-refractivity contribution in [2.75, 3.05) is 0 Å². The molecule has 0 aliphatic rings. The smallest absolute Gasteiger partial charge is 0.335 e. The number of hydrogen-bond acceptors (Lipinski definition) is 4. The van der Waals surface area contributed by atoms with Crippen LogP contribution >= 0.6 is 0 Å². The van der Waals surface area contributed by atoms with Crippen molar-refractivity contribution in [3.8, 4) is 22.6 Å². The molecule has 0 aliphatic carbocycles. The van der Waals surface area contributed by atoms with Gasteiger partial charge in [-0.1, -0.05) is 31.4 Å². The van der Waals surface area contributed by atoms with Crippen LogP contribution in [0.1, 0.15) is 0 Å². The van der Waals surface area contributed by atoms with Crippen LogP contribution in [0.15, 0.2) is 67.8 Å². The Labute approximate surface area is 132 Å². The Bertz CT molecular complexity index is 763. The van der Waals surface area contributed by atoms with E-state index in [-0.39, 0.29) is 5.75 Å². The zero-order valence-electron chi connectivity index (χ0n) is 12.1. The lowest BCUT2D eigenvalue weighted by atomic mass is 10.1. The maximum atomic E-state index is 13.9. The summed E-state index contributed by atoms with van der Waals surface area (Å²) < 4.78 is 23.7. The first kappa shape index (κ1) is 16.2. The van der Waals surface area contributed by atoms with Crippen LogP contribution in [0.25, 0.3) is 11.1 Å². The van der Waals surface area contributed by atoms with Gasteiger partial charge in [0.2, 0.25) is 0 Å². The van der Waals surface area contributed by atoms with E-state index in [2.05, 4.69) is 13.2 Å². The first-order valence-electron chi connectivity index (χ1n) is 6.62. The fourth-order valence-electron chi connectivity index (χ4n) is 1.79. The van der Waals surface area contributed by atoms with Crippen molar-refractivity contribution >= 4 is 11.9 Å². The van der Waals surface area contributed by atoms with Gasteiger partial charge < -0.3 is 9.47 Å². The lowest BCUT2D eigenvalue weighted by Crippen LogP contribution is -2.04. The fraction of sp³-hybridized carbons (Fsp3) is 0. The summed E-state index contributed by atoms with van der Waals surface area (Å²) in [5.74, 6) is -1.77. The summed E-state index contributed by atoms with van der Waals surface area (Å²) in [5.41, 5.74) is 1.30. The molecule has 0 saturated carbocycles. The topological polar surface area (TPSA) is 52.6 Å². The number of ether oxygens (including phenoxy) is 2. The lowest BCUT2D eigenvalue weighted by Gasteiger charge is -2.07. The first-order chi connectivity index (χ1) is 11.0. The standard InChI is InChI=1S/C18H13FO4/c1-3-17(20)22-14-8-5-12(6-9-14)13-7-10-16(15(19)11-13)23-18(21)4-2/h3-11H,1-2H2. The van der Waals surface area contributed by atoms with Crippen molar-refractivity contribution in [3.05, 3.63) is 73.6 Å². The summed E-state index contributed by atoms with van der Waals surface area (Å²) in [7, 11) is 0. The molecule has 2 aromatic rings. The van der Waals surface area contributed by atoms with Crippen molar-refractivity contribution in [1.29, 1.82) is 0 Å². The predicted molar refractivity (Wildman–Crippen MR) is 83.5 cm³/mol. The molecule has 0 unspecified atom stereocenters. The van der Waals surface area contributed by atoms with E-state index in [1.807, 2.05) is 0 Å². The fourth-order valence-corrected chi connectivity index (χ4v) is 1.79. The maximum Gasteiger partial charge on any atom is 0.335 e. The zero-order valence-corrected chi connectivity index (χ0v) is 12.1. The maximum absolute atomic E-state index is 13.9. The normalized spacial score (nSPS) is 9.78. The van der Waals surface area contributed by atoms with E-state index in [9.17, 15) is 14.0 Å². The quantitative estimate of drug-likeness (QED) is 0.480. The number of benzene rings is 2. The van der Waals surface area contributed by atoms with E-state index in [1.54, 1.807) is 30.3 Å². The van der Waals surface area contributed by atoms with E-state index in [0.717, 1.165) is 12.2 Å². The van der Waals surface area contributed by atoms with Crippen molar-refractivity contribution in [1.82, 2.24) is 0 Å². The van der Waals surface area contributed by atoms with E-state index < -0.39 is 17.8 Å². The summed E-state index contributed by atoms with van der Waals surface area (Å²) in [6.07, 6.45) is 2.02. The zero-order chi connectivity index (χ0) is 16.8. The summed E-state index contributed by atoms with van der Waals surface area (Å²) >= 11 is 0. The van der Waals surface area contributed by atoms with Crippen LogP contribution in [-0.2, 0) is 9.59 Å². The van der Waals surface area contributed by atoms with Gasteiger partial charge in [-0.3, -0.25) is 0 Å². The lowest BCUT2D eigenvalue weighted by molar-refractivity contribution is -0.130. The van der Waals surface area contributed by atoms with Gasteiger partial charge in [-0.25, -0.2) is 14.0 Å². The van der Waals surface area contributed by atoms with Crippen LogP contribution in [-0.4, -0.2) is 11.9 Å². The second-order valence-electron chi connectivity index (χ2n) is 4.42. The highest BCUT2D eigenvalue weighted by Gasteiger charge is 2.09. The Morgan fingerprint density at radius 2 is 1.43 bits per heavy atom. The van der Waals surface area contributed by atoms with E-state index in [1.165, 1.54) is 12.1 Å². The molecule has 0 fully saturated rings. The molecular weight excluding hydrogens is 299 g/mol. The largest absolute Gasteiger partial charge is 0.423 e. The van der Waals surface area contributed by atoms with Crippen LogP contribution in [0, 0.1) is 5.82 Å². The summed E-state index contributed by atoms with van der Waals surface area (Å²) in [6.45, 7) is 6.56. The van der Waals surface area contributed by atoms with E-state index >= 15 is 0 Å². The molecular formula is C18H13FO4. The minimum atomic E-state index is -0.731. The number of esters is 2. The molecule has 0 bridgehead atoms. The van der Waals surface area contributed by atoms with Crippen molar-refractivity contribution in [2.45, 2.75) is 0 Å². The Hall–Kier alpha value is -3.21. The Balaban J connectivity index is 2.20. The number of hydrogen-bond donors (Lipinski definition) is 0. The Kier molecular flexibility index (Phi) is 5.04. The highest BCUT2D eigenvalue weighted by molar-refractivity contribution is 5.84. The van der Waals surface area contributed by atoms with Crippen LogP contribution in [0.5, 0.6) is 11.5 Å². The van der Waals surface area contributed by atoms with Crippen LogP contribution in [0.3, 0.4) is 0 Å². The van der Waals surface area contributed by atoms with Crippen LogP contribution in [0.4, 0.5) is 4.39 Å². The van der Waals surface area contributed by atoms with Crippen LogP contribution in [0.2, 0.25) is 0 Å². The van der Waals surface area contributed by atoms with E-state index in [4.69, 9.17) is 9.47 Å². The molecule has 2 rings (SSSR count). The SMILES string of the molecule is C=CC(=O)Oc1ccc(-c2ccc(OC(=O)C=C)c(F)c2)cc1. The Morgan fingerprint density at radius 3 is 2.00 bits per heavy atom. The third-order valence-electron chi connectivity index (χ3n) is 2.88. The van der Waals surface area contributed by atoms with Gasteiger partial charge in [-0.15, -0.1) is 0 Å². The second kappa shape index (κ2) is 7.17. The third-order valence-corrected chi connectivity index (χ3v) is 2.88. The summed E-state index contributed by atoms with van der Waals surface area (Å²) in [5, 5.41) is 0. The van der Waals surface area contributed by atoms with Crippen molar-refractivity contribution < 1.29 is 23.5 Å². The second-order valence-corrected chi connectivity index (χ2v) is 4.42. The van der Waals surface area contributed by atoms with Gasteiger partial charge in [0.25, 0.3) is 0 Å². The average molecular weight is 312 g/mol. The highest BCUT2D eigenvalue weighted by Crippen LogP contribution is 2.27. The highest BCUT2D eigenvalue weighted by atomic mass is 19.1. The number of rotatable bonds is 5. The van der Waals surface area contributed by atoms with Crippen molar-refractivity contribution in [2.24, 2.45) is 0 Å². The monoisotopic (exact) mass is 312 g/mol. The molecule has 0 saturated heterocycles. The minimum absolute atomic E-state index is 0.171. The van der Waals surface area contributed by atoms with Gasteiger partial charge in [-0.2, -0.15) is 0 Å². The molecule has 0 aromatic heterocycles. The number of carbonyl (C=O) groups excluding carboxylic acids is 2. The van der Waals surface area contributed by atoms with Gasteiger partial charge in [0.05, 0.1) is 0 Å². The molecule has 0 N–H and O–H groups in total. The minimum Gasteiger partial charge on any atom is -0.423 e. The molecule has 0 atom stereocenters. The number of carbonyl (C=O) groups is 2. The van der Waals surface area contributed by atoms with E-state index in [0.29, 0.717) is 16.9 Å². The average Bonchev–Trinajstić information content (AvgIpc) is 2.57. The molecule has 0 heterocycles. The van der Waals surface area contributed by atoms with Crippen molar-refractivity contribution in [3.63, 3.8) is 0 Å². The molecule has 4 nitrogen and oxygen atoms in total. The molecule has 2 aromatic carbocycles. The van der Waals surface area contributed by atoms with Gasteiger partial charge in [0, 0.05) is 12.2 Å². The molecule has 5 heteroatoms. The molecule has 0 amide bonds. The summed E-state index contributed by atoms with van der Waals surface area (Å²) in [4.78, 5) is 22.2. The van der Waals surface area contributed by atoms with Gasteiger partial charge in [0.1, 0.15) is 5.75 Å². The third kappa shape index (κ3) is 4.14. The molecule has 0 radical (unpaired) electrons. The molecule has 0 spiro atoms. The summed E-state index contributed by atoms with van der Waals surface area (Å²) in [6, 6.07) is 10.7. The van der Waals surface area contributed by atoms with Crippen LogP contribution < -0.4 is 9.47 Å². The van der Waals surface area contributed by atoms with Gasteiger partial charge >= 0.3 is 11.9 Å². The van der Waals surface area contributed by atoms with Gasteiger partial charge in [-0.05, 0) is 35.4 Å². The Morgan fingerprint density at radius 1 is 0.870 bits per heavy atom. The molecule has 23 heavy (non-hydrogen) atoms.